The number of unbranched alkanes of at least 4 members (excludes halogenated alkanes) is 1. The molecule has 0 aliphatic heterocycles. The van der Waals surface area contributed by atoms with Crippen molar-refractivity contribution < 1.29 is 9.59 Å². The normalized spacial score (nSPS) is 10.6. The van der Waals surface area contributed by atoms with Crippen molar-refractivity contribution >= 4 is 22.7 Å². The van der Waals surface area contributed by atoms with Gasteiger partial charge in [0.15, 0.2) is 0 Å². The molecular weight excluding hydrogens is 306 g/mol. The Balaban J connectivity index is 1.83. The lowest BCUT2D eigenvalue weighted by atomic mass is 10.1. The number of carbonyl (C=O) groups excluding carboxylic acids is 2. The van der Waals surface area contributed by atoms with E-state index >= 15 is 0 Å². The lowest BCUT2D eigenvalue weighted by Crippen LogP contribution is -2.27. The summed E-state index contributed by atoms with van der Waals surface area (Å²) in [4.78, 5) is 37.1. The summed E-state index contributed by atoms with van der Waals surface area (Å²) in [7, 11) is 0. The summed E-state index contributed by atoms with van der Waals surface area (Å²) < 4.78 is 0. The van der Waals surface area contributed by atoms with Gasteiger partial charge < -0.3 is 15.6 Å². The van der Waals surface area contributed by atoms with Gasteiger partial charge in [0.1, 0.15) is 0 Å². The summed E-state index contributed by atoms with van der Waals surface area (Å²) >= 11 is 0. The number of aryl methyl sites for hydroxylation is 1. The van der Waals surface area contributed by atoms with Gasteiger partial charge in [0.2, 0.25) is 11.8 Å². The average Bonchev–Trinajstić information content (AvgIpc) is 2.52. The summed E-state index contributed by atoms with van der Waals surface area (Å²) in [5.41, 5.74) is 2.24. The van der Waals surface area contributed by atoms with E-state index in [0.29, 0.717) is 25.1 Å². The number of aromatic nitrogens is 1. The summed E-state index contributed by atoms with van der Waals surface area (Å²) in [5, 5.41) is 6.52. The highest BCUT2D eigenvalue weighted by atomic mass is 16.2. The maximum Gasteiger partial charge on any atom is 0.251 e. The van der Waals surface area contributed by atoms with Crippen molar-refractivity contribution in [3.05, 3.63) is 45.7 Å². The highest BCUT2D eigenvalue weighted by Crippen LogP contribution is 2.14. The lowest BCUT2D eigenvalue weighted by molar-refractivity contribution is -0.121. The minimum Gasteiger partial charge on any atom is -0.356 e. The number of hydrogen-bond donors (Lipinski definition) is 3. The van der Waals surface area contributed by atoms with Crippen LogP contribution in [0, 0.1) is 6.92 Å². The van der Waals surface area contributed by atoms with Gasteiger partial charge >= 0.3 is 0 Å². The first-order valence-corrected chi connectivity index (χ1v) is 8.09. The standard InChI is InChI=1S/C18H23N3O3/c1-12-9-15-10-14(5-6-16(15)21-18(12)24)11-17(23)20-8-4-3-7-19-13(2)22/h5-6,9-10H,3-4,7-8,11H2,1-2H3,(H,19,22)(H,20,23)(H,21,24). The molecule has 2 rings (SSSR count). The Bertz CT molecular complexity index is 796. The topological polar surface area (TPSA) is 91.1 Å². The van der Waals surface area contributed by atoms with Crippen LogP contribution in [-0.4, -0.2) is 29.9 Å². The van der Waals surface area contributed by atoms with E-state index < -0.39 is 0 Å². The number of aromatic amines is 1. The first kappa shape index (κ1) is 17.7. The fourth-order valence-corrected chi connectivity index (χ4v) is 2.47. The third-order valence-corrected chi connectivity index (χ3v) is 3.76. The van der Waals surface area contributed by atoms with E-state index in [-0.39, 0.29) is 17.4 Å². The zero-order valence-electron chi connectivity index (χ0n) is 14.1. The van der Waals surface area contributed by atoms with Gasteiger partial charge in [-0.05, 0) is 48.9 Å². The number of fused-ring (bicyclic) bond motifs is 1. The Morgan fingerprint density at radius 2 is 1.79 bits per heavy atom. The molecule has 0 saturated heterocycles. The van der Waals surface area contributed by atoms with Crippen LogP contribution in [0.2, 0.25) is 0 Å². The van der Waals surface area contributed by atoms with Crippen LogP contribution in [0.4, 0.5) is 0 Å². The van der Waals surface area contributed by atoms with Crippen molar-refractivity contribution in [2.24, 2.45) is 0 Å². The van der Waals surface area contributed by atoms with Crippen LogP contribution in [0.1, 0.15) is 30.9 Å². The molecule has 0 unspecified atom stereocenters. The van der Waals surface area contributed by atoms with Gasteiger partial charge in [0.05, 0.1) is 6.42 Å². The van der Waals surface area contributed by atoms with Gasteiger partial charge in [-0.2, -0.15) is 0 Å². The van der Waals surface area contributed by atoms with Crippen molar-refractivity contribution in [3.8, 4) is 0 Å². The van der Waals surface area contributed by atoms with Crippen molar-refractivity contribution in [3.63, 3.8) is 0 Å². The Kier molecular flexibility index (Phi) is 6.12. The van der Waals surface area contributed by atoms with E-state index in [0.717, 1.165) is 29.3 Å². The molecule has 128 valence electrons. The maximum atomic E-state index is 12.0. The predicted molar refractivity (Wildman–Crippen MR) is 93.9 cm³/mol. The molecule has 6 heteroatoms. The molecular formula is C18H23N3O3. The van der Waals surface area contributed by atoms with Crippen molar-refractivity contribution in [2.75, 3.05) is 13.1 Å². The molecule has 3 N–H and O–H groups in total. The number of pyridine rings is 1. The van der Waals surface area contributed by atoms with Gasteiger partial charge in [-0.3, -0.25) is 14.4 Å². The second-order valence-corrected chi connectivity index (χ2v) is 5.92. The Morgan fingerprint density at radius 3 is 2.50 bits per heavy atom. The van der Waals surface area contributed by atoms with Crippen LogP contribution in [0.25, 0.3) is 10.9 Å². The summed E-state index contributed by atoms with van der Waals surface area (Å²) in [6, 6.07) is 7.43. The van der Waals surface area contributed by atoms with E-state index in [1.807, 2.05) is 24.3 Å². The molecule has 1 aromatic carbocycles. The van der Waals surface area contributed by atoms with E-state index in [1.165, 1.54) is 6.92 Å². The summed E-state index contributed by atoms with van der Waals surface area (Å²) in [6.07, 6.45) is 1.96. The smallest absolute Gasteiger partial charge is 0.251 e. The van der Waals surface area contributed by atoms with Gasteiger partial charge in [-0.1, -0.05) is 6.07 Å². The quantitative estimate of drug-likeness (QED) is 0.671. The first-order valence-electron chi connectivity index (χ1n) is 8.09. The molecule has 0 aliphatic carbocycles. The fraction of sp³-hybridized carbons (Fsp3) is 0.389. The molecule has 1 heterocycles. The summed E-state index contributed by atoms with van der Waals surface area (Å²) in [5.74, 6) is -0.0676. The molecule has 2 amide bonds. The van der Waals surface area contributed by atoms with E-state index in [9.17, 15) is 14.4 Å². The van der Waals surface area contributed by atoms with Gasteiger partial charge in [0, 0.05) is 31.1 Å². The first-order chi connectivity index (χ1) is 11.5. The van der Waals surface area contributed by atoms with E-state index in [4.69, 9.17) is 0 Å². The average molecular weight is 329 g/mol. The van der Waals surface area contributed by atoms with Crippen molar-refractivity contribution in [2.45, 2.75) is 33.1 Å². The Morgan fingerprint density at radius 1 is 1.08 bits per heavy atom. The second kappa shape index (κ2) is 8.29. The van der Waals surface area contributed by atoms with Gasteiger partial charge in [-0.25, -0.2) is 0 Å². The highest BCUT2D eigenvalue weighted by molar-refractivity contribution is 5.83. The number of benzene rings is 1. The van der Waals surface area contributed by atoms with Gasteiger partial charge in [-0.15, -0.1) is 0 Å². The molecule has 1 aromatic heterocycles. The molecule has 0 radical (unpaired) electrons. The molecule has 0 atom stereocenters. The zero-order valence-corrected chi connectivity index (χ0v) is 14.1. The number of nitrogens with one attached hydrogen (secondary N) is 3. The predicted octanol–water partition coefficient (Wildman–Crippen LogP) is 1.41. The van der Waals surface area contributed by atoms with Gasteiger partial charge in [0.25, 0.3) is 5.56 Å². The number of rotatable bonds is 7. The highest BCUT2D eigenvalue weighted by Gasteiger charge is 2.05. The van der Waals surface area contributed by atoms with Crippen LogP contribution in [0.15, 0.2) is 29.1 Å². The molecule has 0 fully saturated rings. The molecule has 6 nitrogen and oxygen atoms in total. The molecule has 0 spiro atoms. The monoisotopic (exact) mass is 329 g/mol. The molecule has 24 heavy (non-hydrogen) atoms. The van der Waals surface area contributed by atoms with Crippen molar-refractivity contribution in [1.82, 2.24) is 15.6 Å². The lowest BCUT2D eigenvalue weighted by Gasteiger charge is -2.07. The molecule has 0 aliphatic rings. The third-order valence-electron chi connectivity index (χ3n) is 3.76. The molecule has 0 saturated carbocycles. The Hall–Kier alpha value is -2.63. The van der Waals surface area contributed by atoms with E-state index in [1.54, 1.807) is 6.92 Å². The molecule has 2 aromatic rings. The largest absolute Gasteiger partial charge is 0.356 e. The van der Waals surface area contributed by atoms with Crippen LogP contribution < -0.4 is 16.2 Å². The van der Waals surface area contributed by atoms with E-state index in [2.05, 4.69) is 15.6 Å². The Labute approximate surface area is 140 Å². The SMILES string of the molecule is CC(=O)NCCCCNC(=O)Cc1ccc2[nH]c(=O)c(C)cc2c1. The number of H-pyrrole nitrogens is 1. The van der Waals surface area contributed by atoms with Crippen LogP contribution in [0.5, 0.6) is 0 Å². The minimum atomic E-state index is -0.0905. The molecule has 0 bridgehead atoms. The van der Waals surface area contributed by atoms with Crippen LogP contribution in [0.3, 0.4) is 0 Å². The van der Waals surface area contributed by atoms with Crippen LogP contribution >= 0.6 is 0 Å². The maximum absolute atomic E-state index is 12.0. The van der Waals surface area contributed by atoms with Crippen molar-refractivity contribution in [1.29, 1.82) is 0 Å². The summed E-state index contributed by atoms with van der Waals surface area (Å²) in [6.45, 7) is 4.48. The number of carbonyl (C=O) groups is 2. The second-order valence-electron chi connectivity index (χ2n) is 5.92. The zero-order chi connectivity index (χ0) is 17.5. The third kappa shape index (κ3) is 5.22. The number of amides is 2. The fourth-order valence-electron chi connectivity index (χ4n) is 2.47. The van der Waals surface area contributed by atoms with Crippen LogP contribution in [-0.2, 0) is 16.0 Å². The number of hydrogen-bond acceptors (Lipinski definition) is 3. The minimum absolute atomic E-state index is 0.0324.